The second-order valence-corrected chi connectivity index (χ2v) is 6.80. The third kappa shape index (κ3) is 4.02. The van der Waals surface area contributed by atoms with Crippen molar-refractivity contribution in [3.63, 3.8) is 0 Å². The molecular weight excluding hydrogens is 347 g/mol. The van der Waals surface area contributed by atoms with E-state index in [2.05, 4.69) is 20.2 Å². The Morgan fingerprint density at radius 2 is 1.80 bits per heavy atom. The van der Waals surface area contributed by atoms with Crippen LogP contribution in [0.5, 0.6) is 0 Å². The lowest BCUT2D eigenvalue weighted by Crippen LogP contribution is -2.22. The van der Waals surface area contributed by atoms with Crippen LogP contribution in [0.4, 0.5) is 17.3 Å². The van der Waals surface area contributed by atoms with Gasteiger partial charge in [0.1, 0.15) is 5.82 Å². The molecule has 1 aliphatic carbocycles. The maximum absolute atomic E-state index is 12.4. The van der Waals surface area contributed by atoms with E-state index in [1.807, 2.05) is 19.1 Å². The maximum atomic E-state index is 12.4. The zero-order chi connectivity index (χ0) is 18.2. The Morgan fingerprint density at radius 1 is 1.16 bits per heavy atom. The number of aromatic nitrogens is 2. The molecule has 0 atom stereocenters. The minimum absolute atomic E-state index is 0.117. The molecule has 0 unspecified atom stereocenters. The molecule has 10 heteroatoms. The van der Waals surface area contributed by atoms with E-state index < -0.39 is 7.82 Å². The zero-order valence-electron chi connectivity index (χ0n) is 13.3. The zero-order valence-corrected chi connectivity index (χ0v) is 14.2. The van der Waals surface area contributed by atoms with Gasteiger partial charge in [0.15, 0.2) is 5.82 Å². The Labute approximate surface area is 143 Å². The van der Waals surface area contributed by atoms with Crippen molar-refractivity contribution in [1.82, 2.24) is 9.97 Å². The predicted molar refractivity (Wildman–Crippen MR) is 90.6 cm³/mol. The number of anilines is 3. The molecule has 25 heavy (non-hydrogen) atoms. The number of rotatable bonds is 1. The quantitative estimate of drug-likeness (QED) is 0.562. The van der Waals surface area contributed by atoms with E-state index in [4.69, 9.17) is 19.2 Å². The average molecular weight is 364 g/mol. The summed E-state index contributed by atoms with van der Waals surface area (Å²) in [5.74, 6) is 1.40. The number of nitrogens with one attached hydrogen (secondary N) is 1. The third-order valence-electron chi connectivity index (χ3n) is 3.78. The lowest BCUT2D eigenvalue weighted by molar-refractivity contribution is 0.102. The highest BCUT2D eigenvalue weighted by molar-refractivity contribution is 7.45. The summed E-state index contributed by atoms with van der Waals surface area (Å²) in [5, 5.41) is 2.98. The number of aryl methyl sites for hydroxylation is 1. The third-order valence-corrected chi connectivity index (χ3v) is 3.78. The molecule has 1 saturated carbocycles. The fraction of sp³-hybridized carbons (Fsp3) is 0.267. The molecule has 1 amide bonds. The molecule has 3 heterocycles. The van der Waals surface area contributed by atoms with Crippen molar-refractivity contribution in [1.29, 1.82) is 0 Å². The second kappa shape index (κ2) is 6.53. The average Bonchev–Trinajstić information content (AvgIpc) is 3.34. The molecule has 4 rings (SSSR count). The Hall–Kier alpha value is -2.32. The van der Waals surface area contributed by atoms with Crippen LogP contribution in [-0.4, -0.2) is 36.6 Å². The summed E-state index contributed by atoms with van der Waals surface area (Å²) >= 11 is 0. The molecule has 1 fully saturated rings. The molecule has 2 aromatic rings. The highest BCUT2D eigenvalue weighted by atomic mass is 31.2. The maximum Gasteiger partial charge on any atom is 0.466 e. The van der Waals surface area contributed by atoms with Crippen LogP contribution in [0.1, 0.15) is 28.8 Å². The minimum Gasteiger partial charge on any atom is -0.318 e. The molecule has 0 saturated heterocycles. The molecule has 4 N–H and O–H groups in total. The smallest absolute Gasteiger partial charge is 0.318 e. The lowest BCUT2D eigenvalue weighted by atomic mass is 10.2. The highest BCUT2D eigenvalue weighted by Gasteiger charge is 2.37. The number of amides is 1. The first-order valence-electron chi connectivity index (χ1n) is 7.55. The van der Waals surface area contributed by atoms with Gasteiger partial charge in [0.2, 0.25) is 0 Å². The standard InChI is InChI=1S/C15H14N4O.H3O4P/c1-9-6-8-17-14-12(9)18-15(20)11-3-2-7-16-13(11)19(14)10-4-5-10;1-5(2,3)4/h2-3,6-8,10H,4-5H2,1H3,(H,18,20);(H3,1,2,3,4). The van der Waals surface area contributed by atoms with Crippen LogP contribution >= 0.6 is 7.82 Å². The second-order valence-electron chi connectivity index (χ2n) is 5.77. The number of nitrogens with zero attached hydrogens (tertiary/aromatic N) is 3. The van der Waals surface area contributed by atoms with Crippen molar-refractivity contribution in [3.05, 3.63) is 41.7 Å². The van der Waals surface area contributed by atoms with Gasteiger partial charge >= 0.3 is 7.82 Å². The summed E-state index contributed by atoms with van der Waals surface area (Å²) in [6.45, 7) is 1.98. The van der Waals surface area contributed by atoms with Gasteiger partial charge in [-0.25, -0.2) is 14.5 Å². The molecule has 2 aromatic heterocycles. The number of pyridine rings is 2. The van der Waals surface area contributed by atoms with E-state index in [1.54, 1.807) is 18.5 Å². The molecule has 9 nitrogen and oxygen atoms in total. The number of carbonyl (C=O) groups is 1. The van der Waals surface area contributed by atoms with Gasteiger partial charge in [-0.15, -0.1) is 0 Å². The monoisotopic (exact) mass is 364 g/mol. The minimum atomic E-state index is -4.64. The van der Waals surface area contributed by atoms with Gasteiger partial charge in [0.25, 0.3) is 5.91 Å². The van der Waals surface area contributed by atoms with Crippen LogP contribution in [0.15, 0.2) is 30.6 Å². The van der Waals surface area contributed by atoms with E-state index >= 15 is 0 Å². The van der Waals surface area contributed by atoms with E-state index in [1.165, 1.54) is 0 Å². The van der Waals surface area contributed by atoms with Crippen molar-refractivity contribution < 1.29 is 24.0 Å². The topological polar surface area (TPSA) is 136 Å². The summed E-state index contributed by atoms with van der Waals surface area (Å²) in [6.07, 6.45) is 5.73. The molecule has 0 radical (unpaired) electrons. The van der Waals surface area contributed by atoms with Crippen LogP contribution in [0, 0.1) is 6.92 Å². The fourth-order valence-corrected chi connectivity index (χ4v) is 2.61. The summed E-state index contributed by atoms with van der Waals surface area (Å²) in [7, 11) is -4.64. The Bertz CT molecular complexity index is 856. The SMILES string of the molecule is Cc1ccnc2c1NC(=O)c1cccnc1N2C1CC1.O=P(O)(O)O. The number of fused-ring (bicyclic) bond motifs is 2. The van der Waals surface area contributed by atoms with Crippen LogP contribution in [0.3, 0.4) is 0 Å². The molecule has 0 spiro atoms. The van der Waals surface area contributed by atoms with Crippen LogP contribution < -0.4 is 10.2 Å². The van der Waals surface area contributed by atoms with Crippen molar-refractivity contribution in [2.45, 2.75) is 25.8 Å². The number of phosphoric acid groups is 1. The highest BCUT2D eigenvalue weighted by Crippen LogP contribution is 2.43. The molecule has 1 aliphatic heterocycles. The summed E-state index contributed by atoms with van der Waals surface area (Å²) in [5.41, 5.74) is 2.42. The first-order chi connectivity index (χ1) is 11.8. The first-order valence-corrected chi connectivity index (χ1v) is 9.11. The summed E-state index contributed by atoms with van der Waals surface area (Å²) in [6, 6.07) is 5.91. The van der Waals surface area contributed by atoms with Gasteiger partial charge in [0, 0.05) is 18.4 Å². The van der Waals surface area contributed by atoms with E-state index in [0.717, 1.165) is 29.9 Å². The first kappa shape index (κ1) is 17.5. The van der Waals surface area contributed by atoms with Crippen LogP contribution in [0.25, 0.3) is 0 Å². The largest absolute Gasteiger partial charge is 0.466 e. The number of carbonyl (C=O) groups excluding carboxylic acids is 1. The van der Waals surface area contributed by atoms with Gasteiger partial charge in [0.05, 0.1) is 11.3 Å². The molecular formula is C15H17N4O5P. The van der Waals surface area contributed by atoms with Gasteiger partial charge in [-0.1, -0.05) is 0 Å². The molecule has 0 aromatic carbocycles. The normalized spacial score (nSPS) is 16.0. The fourth-order valence-electron chi connectivity index (χ4n) is 2.61. The van der Waals surface area contributed by atoms with Gasteiger partial charge in [-0.2, -0.15) is 0 Å². The van der Waals surface area contributed by atoms with E-state index in [0.29, 0.717) is 17.4 Å². The van der Waals surface area contributed by atoms with E-state index in [9.17, 15) is 4.79 Å². The van der Waals surface area contributed by atoms with Crippen molar-refractivity contribution >= 4 is 31.1 Å². The summed E-state index contributed by atoms with van der Waals surface area (Å²) < 4.78 is 8.88. The van der Waals surface area contributed by atoms with Crippen molar-refractivity contribution in [3.8, 4) is 0 Å². The molecule has 2 aliphatic rings. The Kier molecular flexibility index (Phi) is 4.57. The van der Waals surface area contributed by atoms with Crippen molar-refractivity contribution in [2.24, 2.45) is 0 Å². The number of hydrogen-bond acceptors (Lipinski definition) is 5. The Balaban J connectivity index is 0.000000324. The van der Waals surface area contributed by atoms with Crippen molar-refractivity contribution in [2.75, 3.05) is 10.2 Å². The van der Waals surface area contributed by atoms with Gasteiger partial charge in [-0.3, -0.25) is 4.79 Å². The van der Waals surface area contributed by atoms with Crippen LogP contribution in [-0.2, 0) is 4.57 Å². The van der Waals surface area contributed by atoms with E-state index in [-0.39, 0.29) is 5.91 Å². The molecule has 132 valence electrons. The molecule has 0 bridgehead atoms. The summed E-state index contributed by atoms with van der Waals surface area (Å²) in [4.78, 5) is 45.0. The lowest BCUT2D eigenvalue weighted by Gasteiger charge is -2.23. The Morgan fingerprint density at radius 3 is 2.44 bits per heavy atom. The van der Waals surface area contributed by atoms with Gasteiger partial charge in [-0.05, 0) is 43.5 Å². The van der Waals surface area contributed by atoms with Gasteiger partial charge < -0.3 is 24.9 Å². The number of hydrogen-bond donors (Lipinski definition) is 4. The van der Waals surface area contributed by atoms with Crippen LogP contribution in [0.2, 0.25) is 0 Å². The predicted octanol–water partition coefficient (Wildman–Crippen LogP) is 1.72.